The molecule has 0 saturated heterocycles. The Labute approximate surface area is 171 Å². The van der Waals surface area contributed by atoms with Gasteiger partial charge in [0.1, 0.15) is 17.3 Å². The normalized spacial score (nSPS) is 11.0. The van der Waals surface area contributed by atoms with Crippen LogP contribution >= 0.6 is 0 Å². The average Bonchev–Trinajstić information content (AvgIpc) is 3.16. The predicted molar refractivity (Wildman–Crippen MR) is 111 cm³/mol. The molecule has 4 aromatic rings. The van der Waals surface area contributed by atoms with Crippen molar-refractivity contribution in [1.29, 1.82) is 0 Å². The highest BCUT2D eigenvalue weighted by molar-refractivity contribution is 5.93. The van der Waals surface area contributed by atoms with Gasteiger partial charge in [-0.05, 0) is 17.7 Å². The molecule has 9 heteroatoms. The fourth-order valence-corrected chi connectivity index (χ4v) is 3.19. The molecule has 0 radical (unpaired) electrons. The van der Waals surface area contributed by atoms with Crippen LogP contribution in [0.5, 0.6) is 0 Å². The molecule has 4 rings (SSSR count). The van der Waals surface area contributed by atoms with E-state index in [1.54, 1.807) is 24.0 Å². The molecule has 1 aromatic carbocycles. The van der Waals surface area contributed by atoms with E-state index in [9.17, 15) is 14.4 Å². The summed E-state index contributed by atoms with van der Waals surface area (Å²) in [6.07, 6.45) is 4.58. The second-order valence-electron chi connectivity index (χ2n) is 6.86. The predicted octanol–water partition coefficient (Wildman–Crippen LogP) is 0.770. The minimum atomic E-state index is -0.453. The first kappa shape index (κ1) is 19.3. The van der Waals surface area contributed by atoms with Gasteiger partial charge in [0.25, 0.3) is 17.0 Å². The number of hydrogen-bond acceptors (Lipinski definition) is 5. The lowest BCUT2D eigenvalue weighted by Gasteiger charge is -2.08. The number of carbonyl (C=O) groups excluding carboxylic acids is 1. The van der Waals surface area contributed by atoms with Gasteiger partial charge in [-0.1, -0.05) is 30.3 Å². The van der Waals surface area contributed by atoms with Crippen LogP contribution in [0.3, 0.4) is 0 Å². The largest absolute Gasteiger partial charge is 0.350 e. The van der Waals surface area contributed by atoms with Crippen LogP contribution in [-0.2, 0) is 20.1 Å². The van der Waals surface area contributed by atoms with E-state index in [1.165, 1.54) is 27.7 Å². The summed E-state index contributed by atoms with van der Waals surface area (Å²) >= 11 is 0. The van der Waals surface area contributed by atoms with Gasteiger partial charge >= 0.3 is 0 Å². The molecular weight excluding hydrogens is 384 g/mol. The molecule has 3 heterocycles. The minimum Gasteiger partial charge on any atom is -0.350 e. The van der Waals surface area contributed by atoms with E-state index >= 15 is 0 Å². The third-order valence-electron chi connectivity index (χ3n) is 4.80. The highest BCUT2D eigenvalue weighted by Gasteiger charge is 2.13. The first-order valence-electron chi connectivity index (χ1n) is 9.43. The monoisotopic (exact) mass is 404 g/mol. The van der Waals surface area contributed by atoms with Gasteiger partial charge in [-0.25, -0.2) is 9.67 Å². The number of benzene rings is 1. The summed E-state index contributed by atoms with van der Waals surface area (Å²) in [5.74, 6) is -0.453. The van der Waals surface area contributed by atoms with Crippen molar-refractivity contribution in [3.05, 3.63) is 93.0 Å². The van der Waals surface area contributed by atoms with Crippen LogP contribution in [0.2, 0.25) is 0 Å². The molecule has 0 aliphatic carbocycles. The smallest absolute Gasteiger partial charge is 0.264 e. The Kier molecular flexibility index (Phi) is 5.25. The molecular formula is C21H20N6O3. The van der Waals surface area contributed by atoms with Crippen molar-refractivity contribution in [3.63, 3.8) is 0 Å². The molecule has 0 fully saturated rings. The van der Waals surface area contributed by atoms with Crippen LogP contribution < -0.4 is 16.4 Å². The lowest BCUT2D eigenvalue weighted by atomic mass is 10.2. The molecule has 0 unspecified atom stereocenters. The highest BCUT2D eigenvalue weighted by Crippen LogP contribution is 2.07. The van der Waals surface area contributed by atoms with Crippen LogP contribution in [-0.4, -0.2) is 36.4 Å². The first-order chi connectivity index (χ1) is 14.5. The van der Waals surface area contributed by atoms with E-state index in [0.717, 1.165) is 5.56 Å². The van der Waals surface area contributed by atoms with Crippen LogP contribution in [0, 0.1) is 0 Å². The van der Waals surface area contributed by atoms with E-state index in [1.807, 2.05) is 30.3 Å². The Morgan fingerprint density at radius 3 is 2.67 bits per heavy atom. The van der Waals surface area contributed by atoms with E-state index in [-0.39, 0.29) is 23.2 Å². The molecule has 1 amide bonds. The van der Waals surface area contributed by atoms with Crippen molar-refractivity contribution in [2.45, 2.75) is 13.1 Å². The number of nitrogens with zero attached hydrogens (tertiary/aromatic N) is 5. The van der Waals surface area contributed by atoms with Crippen LogP contribution in [0.1, 0.15) is 15.9 Å². The van der Waals surface area contributed by atoms with Gasteiger partial charge in [0.15, 0.2) is 5.65 Å². The Bertz CT molecular complexity index is 1320. The molecule has 0 saturated carbocycles. The average molecular weight is 404 g/mol. The van der Waals surface area contributed by atoms with Gasteiger partial charge in [0.2, 0.25) is 0 Å². The second-order valence-corrected chi connectivity index (χ2v) is 6.86. The zero-order valence-corrected chi connectivity index (χ0v) is 16.4. The van der Waals surface area contributed by atoms with Crippen molar-refractivity contribution in [3.8, 4) is 0 Å². The molecule has 9 nitrogen and oxygen atoms in total. The zero-order chi connectivity index (χ0) is 21.1. The molecule has 3 aromatic heterocycles. The van der Waals surface area contributed by atoms with E-state index in [0.29, 0.717) is 24.1 Å². The Morgan fingerprint density at radius 1 is 1.07 bits per heavy atom. The van der Waals surface area contributed by atoms with Gasteiger partial charge in [-0.3, -0.25) is 19.0 Å². The number of amides is 1. The summed E-state index contributed by atoms with van der Waals surface area (Å²) in [5, 5.41) is 7.35. The molecule has 30 heavy (non-hydrogen) atoms. The van der Waals surface area contributed by atoms with Crippen molar-refractivity contribution >= 4 is 16.9 Å². The number of fused-ring (bicyclic) bond motifs is 1. The van der Waals surface area contributed by atoms with Crippen molar-refractivity contribution < 1.29 is 4.79 Å². The zero-order valence-electron chi connectivity index (χ0n) is 16.4. The third kappa shape index (κ3) is 3.77. The number of carbonyl (C=O) groups is 1. The summed E-state index contributed by atoms with van der Waals surface area (Å²) in [5.41, 5.74) is 0.997. The van der Waals surface area contributed by atoms with Crippen molar-refractivity contribution in [2.24, 2.45) is 7.05 Å². The van der Waals surface area contributed by atoms with Crippen LogP contribution in [0.25, 0.3) is 11.0 Å². The molecule has 0 atom stereocenters. The minimum absolute atomic E-state index is 0.0762. The highest BCUT2D eigenvalue weighted by atomic mass is 16.2. The lowest BCUT2D eigenvalue weighted by Crippen LogP contribution is -2.33. The number of pyridine rings is 1. The maximum Gasteiger partial charge on any atom is 0.264 e. The molecule has 0 aliphatic heterocycles. The fraction of sp³-hybridized carbons (Fsp3) is 0.190. The molecule has 0 bridgehead atoms. The van der Waals surface area contributed by atoms with E-state index in [4.69, 9.17) is 0 Å². The van der Waals surface area contributed by atoms with Gasteiger partial charge in [-0.2, -0.15) is 5.10 Å². The number of nitrogens with one attached hydrogen (secondary N) is 1. The Morgan fingerprint density at radius 2 is 1.87 bits per heavy atom. The number of rotatable bonds is 6. The van der Waals surface area contributed by atoms with Crippen LogP contribution in [0.4, 0.5) is 0 Å². The maximum atomic E-state index is 12.7. The Balaban J connectivity index is 1.47. The lowest BCUT2D eigenvalue weighted by molar-refractivity contribution is 0.0950. The van der Waals surface area contributed by atoms with Crippen molar-refractivity contribution in [1.82, 2.24) is 29.2 Å². The summed E-state index contributed by atoms with van der Waals surface area (Å²) in [6.45, 7) is 0.982. The maximum absolute atomic E-state index is 12.7. The Hall–Kier alpha value is -4.01. The van der Waals surface area contributed by atoms with Gasteiger partial charge < -0.3 is 9.88 Å². The fourth-order valence-electron chi connectivity index (χ4n) is 3.19. The number of aryl methyl sites for hydroxylation is 1. The molecule has 152 valence electrons. The van der Waals surface area contributed by atoms with Crippen LogP contribution in [0.15, 0.2) is 70.8 Å². The topological polar surface area (TPSA) is 104 Å². The van der Waals surface area contributed by atoms with Gasteiger partial charge in [0.05, 0.1) is 19.3 Å². The van der Waals surface area contributed by atoms with E-state index in [2.05, 4.69) is 15.4 Å². The van der Waals surface area contributed by atoms with Gasteiger partial charge in [-0.15, -0.1) is 0 Å². The third-order valence-corrected chi connectivity index (χ3v) is 4.80. The summed E-state index contributed by atoms with van der Waals surface area (Å²) < 4.78 is 4.45. The molecule has 0 aliphatic rings. The SMILES string of the molecule is Cn1cccc(C(=O)NCCn2ncc3c(=O)n(Cc4ccccc4)cnc32)c1=O. The quantitative estimate of drug-likeness (QED) is 0.511. The van der Waals surface area contributed by atoms with Gasteiger partial charge in [0, 0.05) is 19.8 Å². The first-order valence-corrected chi connectivity index (χ1v) is 9.43. The number of hydrogen-bond donors (Lipinski definition) is 1. The summed E-state index contributed by atoms with van der Waals surface area (Å²) in [7, 11) is 1.59. The molecule has 1 N–H and O–H groups in total. The molecule has 0 spiro atoms. The van der Waals surface area contributed by atoms with E-state index < -0.39 is 5.91 Å². The summed E-state index contributed by atoms with van der Waals surface area (Å²) in [4.78, 5) is 41.4. The number of aromatic nitrogens is 5. The standard InChI is InChI=1S/C21H20N6O3/c1-25-10-5-8-16(20(25)29)19(28)22-9-11-27-18-17(12-24-27)21(30)26(14-23-18)13-15-6-3-2-4-7-15/h2-8,10,12,14H,9,11,13H2,1H3,(H,22,28). The summed E-state index contributed by atoms with van der Waals surface area (Å²) in [6, 6.07) is 12.8. The van der Waals surface area contributed by atoms with Crippen molar-refractivity contribution in [2.75, 3.05) is 6.54 Å². The second kappa shape index (κ2) is 8.16.